The zero-order valence-electron chi connectivity index (χ0n) is 10.4. The Labute approximate surface area is 108 Å². The van der Waals surface area contributed by atoms with Crippen LogP contribution in [-0.4, -0.2) is 22.1 Å². The first-order chi connectivity index (χ1) is 8.84. The summed E-state index contributed by atoms with van der Waals surface area (Å²) in [5.41, 5.74) is -0.942. The van der Waals surface area contributed by atoms with Gasteiger partial charge in [-0.15, -0.1) is 0 Å². The largest absolute Gasteiger partial charge is 0.480 e. The molecule has 106 valence electrons. The Bertz CT molecular complexity index is 435. The summed E-state index contributed by atoms with van der Waals surface area (Å²) in [5, 5.41) is 11.6. The number of aliphatic carboxylic acids is 1. The minimum absolute atomic E-state index is 0.103. The van der Waals surface area contributed by atoms with Crippen LogP contribution in [0.1, 0.15) is 31.9 Å². The Morgan fingerprint density at radius 2 is 2.21 bits per heavy atom. The molecule has 0 aromatic carbocycles. The molecular weight excluding hydrogens is 261 g/mol. The molecule has 0 radical (unpaired) electrons. The van der Waals surface area contributed by atoms with Crippen molar-refractivity contribution < 1.29 is 23.1 Å². The SMILES string of the molecule is CCCC[C@H](Nc1ccnc(C(F)(F)F)c1)C(=O)O. The van der Waals surface area contributed by atoms with Gasteiger partial charge in [0.05, 0.1) is 0 Å². The van der Waals surface area contributed by atoms with Crippen LogP contribution in [-0.2, 0) is 11.0 Å². The quantitative estimate of drug-likeness (QED) is 0.837. The molecule has 1 atom stereocenters. The summed E-state index contributed by atoms with van der Waals surface area (Å²) in [4.78, 5) is 14.2. The van der Waals surface area contributed by atoms with Gasteiger partial charge in [0, 0.05) is 11.9 Å². The highest BCUT2D eigenvalue weighted by molar-refractivity contribution is 5.77. The standard InChI is InChI=1S/C12H15F3N2O2/c1-2-3-4-9(11(18)19)17-8-5-6-16-10(7-8)12(13,14)15/h5-7,9H,2-4H2,1H3,(H,16,17)(H,18,19)/t9-/m0/s1. The normalized spacial score (nSPS) is 13.1. The van der Waals surface area contributed by atoms with Crippen LogP contribution >= 0.6 is 0 Å². The van der Waals surface area contributed by atoms with Gasteiger partial charge in [0.15, 0.2) is 0 Å². The third-order valence-corrected chi connectivity index (χ3v) is 2.54. The van der Waals surface area contributed by atoms with Crippen molar-refractivity contribution in [1.29, 1.82) is 0 Å². The Kier molecular flexibility index (Phi) is 5.14. The van der Waals surface area contributed by atoms with Gasteiger partial charge in [0.25, 0.3) is 0 Å². The number of unbranched alkanes of at least 4 members (excludes halogenated alkanes) is 1. The van der Waals surface area contributed by atoms with Crippen molar-refractivity contribution >= 4 is 11.7 Å². The maximum absolute atomic E-state index is 12.5. The summed E-state index contributed by atoms with van der Waals surface area (Å²) in [6.07, 6.45) is -1.68. The van der Waals surface area contributed by atoms with Gasteiger partial charge < -0.3 is 10.4 Å². The Morgan fingerprint density at radius 3 is 2.74 bits per heavy atom. The fourth-order valence-corrected chi connectivity index (χ4v) is 1.54. The lowest BCUT2D eigenvalue weighted by Gasteiger charge is -2.16. The van der Waals surface area contributed by atoms with Crippen molar-refractivity contribution in [2.24, 2.45) is 0 Å². The van der Waals surface area contributed by atoms with Gasteiger partial charge in [-0.25, -0.2) is 4.79 Å². The molecule has 2 N–H and O–H groups in total. The minimum atomic E-state index is -4.54. The van der Waals surface area contributed by atoms with E-state index in [2.05, 4.69) is 10.3 Å². The van der Waals surface area contributed by atoms with E-state index >= 15 is 0 Å². The number of hydrogen-bond acceptors (Lipinski definition) is 3. The topological polar surface area (TPSA) is 62.2 Å². The molecule has 1 aromatic rings. The first-order valence-corrected chi connectivity index (χ1v) is 5.87. The van der Waals surface area contributed by atoms with Gasteiger partial charge in [0.2, 0.25) is 0 Å². The first kappa shape index (κ1) is 15.3. The molecule has 0 amide bonds. The fourth-order valence-electron chi connectivity index (χ4n) is 1.54. The molecule has 1 rings (SSSR count). The number of pyridine rings is 1. The van der Waals surface area contributed by atoms with Gasteiger partial charge in [0.1, 0.15) is 11.7 Å². The first-order valence-electron chi connectivity index (χ1n) is 5.87. The van der Waals surface area contributed by atoms with Crippen molar-refractivity contribution in [1.82, 2.24) is 4.98 Å². The van der Waals surface area contributed by atoms with E-state index in [1.165, 1.54) is 6.07 Å². The number of rotatable bonds is 6. The van der Waals surface area contributed by atoms with E-state index in [-0.39, 0.29) is 5.69 Å². The number of alkyl halides is 3. The van der Waals surface area contributed by atoms with E-state index in [9.17, 15) is 18.0 Å². The van der Waals surface area contributed by atoms with Crippen LogP contribution < -0.4 is 5.32 Å². The molecule has 0 aliphatic rings. The monoisotopic (exact) mass is 276 g/mol. The number of nitrogens with zero attached hydrogens (tertiary/aromatic N) is 1. The average molecular weight is 276 g/mol. The molecule has 0 saturated carbocycles. The van der Waals surface area contributed by atoms with Gasteiger partial charge >= 0.3 is 12.1 Å². The zero-order chi connectivity index (χ0) is 14.5. The van der Waals surface area contributed by atoms with Crippen LogP contribution in [0.4, 0.5) is 18.9 Å². The molecule has 4 nitrogen and oxygen atoms in total. The second-order valence-electron chi connectivity index (χ2n) is 4.10. The predicted octanol–water partition coefficient (Wildman–Crippen LogP) is 3.16. The molecule has 1 aromatic heterocycles. The molecule has 7 heteroatoms. The van der Waals surface area contributed by atoms with Crippen molar-refractivity contribution in [3.05, 3.63) is 24.0 Å². The van der Waals surface area contributed by atoms with Crippen LogP contribution in [0.15, 0.2) is 18.3 Å². The second-order valence-corrected chi connectivity index (χ2v) is 4.10. The van der Waals surface area contributed by atoms with E-state index in [4.69, 9.17) is 5.11 Å². The van der Waals surface area contributed by atoms with Crippen molar-refractivity contribution in [3.8, 4) is 0 Å². The van der Waals surface area contributed by atoms with Gasteiger partial charge in [-0.1, -0.05) is 19.8 Å². The van der Waals surface area contributed by atoms with E-state index in [0.717, 1.165) is 18.7 Å². The lowest BCUT2D eigenvalue weighted by molar-refractivity contribution is -0.141. The lowest BCUT2D eigenvalue weighted by atomic mass is 10.1. The highest BCUT2D eigenvalue weighted by atomic mass is 19.4. The highest BCUT2D eigenvalue weighted by Crippen LogP contribution is 2.29. The molecule has 0 spiro atoms. The van der Waals surface area contributed by atoms with Gasteiger partial charge in [-0.3, -0.25) is 4.98 Å². The number of anilines is 1. The maximum Gasteiger partial charge on any atom is 0.433 e. The number of aromatic nitrogens is 1. The van der Waals surface area contributed by atoms with Crippen molar-refractivity contribution in [3.63, 3.8) is 0 Å². The number of carboxylic acids is 1. The maximum atomic E-state index is 12.5. The molecule has 0 fully saturated rings. The molecule has 19 heavy (non-hydrogen) atoms. The van der Waals surface area contributed by atoms with Crippen LogP contribution in [0.5, 0.6) is 0 Å². The van der Waals surface area contributed by atoms with Gasteiger partial charge in [-0.05, 0) is 18.6 Å². The van der Waals surface area contributed by atoms with E-state index in [1.807, 2.05) is 6.92 Å². The molecular formula is C12H15F3N2O2. The van der Waals surface area contributed by atoms with E-state index < -0.39 is 23.9 Å². The van der Waals surface area contributed by atoms with Crippen LogP contribution in [0, 0.1) is 0 Å². The molecule has 0 aliphatic heterocycles. The number of hydrogen-bond donors (Lipinski definition) is 2. The molecule has 0 saturated heterocycles. The van der Waals surface area contributed by atoms with Crippen LogP contribution in [0.3, 0.4) is 0 Å². The minimum Gasteiger partial charge on any atom is -0.480 e. The van der Waals surface area contributed by atoms with Crippen LogP contribution in [0.2, 0.25) is 0 Å². The summed E-state index contributed by atoms with van der Waals surface area (Å²) < 4.78 is 37.4. The molecule has 0 aliphatic carbocycles. The number of nitrogens with one attached hydrogen (secondary N) is 1. The van der Waals surface area contributed by atoms with Crippen molar-refractivity contribution in [2.45, 2.75) is 38.4 Å². The summed E-state index contributed by atoms with van der Waals surface area (Å²) in [7, 11) is 0. The summed E-state index contributed by atoms with van der Waals surface area (Å²) in [6, 6.07) is 1.22. The number of carbonyl (C=O) groups is 1. The molecule has 0 bridgehead atoms. The highest BCUT2D eigenvalue weighted by Gasteiger charge is 2.32. The Balaban J connectivity index is 2.82. The fraction of sp³-hybridized carbons (Fsp3) is 0.500. The lowest BCUT2D eigenvalue weighted by Crippen LogP contribution is -2.29. The smallest absolute Gasteiger partial charge is 0.433 e. The number of carboxylic acid groups (broad SMARTS) is 1. The third kappa shape index (κ3) is 4.76. The third-order valence-electron chi connectivity index (χ3n) is 2.54. The van der Waals surface area contributed by atoms with E-state index in [1.54, 1.807) is 0 Å². The Hall–Kier alpha value is -1.79. The average Bonchev–Trinajstić information content (AvgIpc) is 2.33. The number of halogens is 3. The summed E-state index contributed by atoms with van der Waals surface area (Å²) in [6.45, 7) is 1.91. The second kappa shape index (κ2) is 6.40. The predicted molar refractivity (Wildman–Crippen MR) is 63.8 cm³/mol. The Morgan fingerprint density at radius 1 is 1.53 bits per heavy atom. The zero-order valence-corrected chi connectivity index (χ0v) is 10.4. The summed E-state index contributed by atoms with van der Waals surface area (Å²) in [5.74, 6) is -1.08. The molecule has 1 heterocycles. The van der Waals surface area contributed by atoms with Gasteiger partial charge in [-0.2, -0.15) is 13.2 Å². The van der Waals surface area contributed by atoms with E-state index in [0.29, 0.717) is 12.8 Å². The van der Waals surface area contributed by atoms with Crippen LogP contribution in [0.25, 0.3) is 0 Å². The molecule has 0 unspecified atom stereocenters. The summed E-state index contributed by atoms with van der Waals surface area (Å²) >= 11 is 0. The van der Waals surface area contributed by atoms with Crippen molar-refractivity contribution in [2.75, 3.05) is 5.32 Å².